The highest BCUT2D eigenvalue weighted by Gasteiger charge is 2.26. The van der Waals surface area contributed by atoms with E-state index in [-0.39, 0.29) is 17.9 Å². The molecular weight excluding hydrogens is 344 g/mol. The number of aromatic nitrogens is 4. The minimum absolute atomic E-state index is 0.0127. The highest BCUT2D eigenvalue weighted by atomic mass is 16.3. The smallest absolute Gasteiger partial charge is 0.182 e. The second-order valence-corrected chi connectivity index (χ2v) is 7.26. The summed E-state index contributed by atoms with van der Waals surface area (Å²) in [7, 11) is 0. The van der Waals surface area contributed by atoms with Crippen LogP contribution >= 0.6 is 0 Å². The predicted octanol–water partition coefficient (Wildman–Crippen LogP) is 3.73. The molecule has 2 atom stereocenters. The molecule has 1 aliphatic carbocycles. The van der Waals surface area contributed by atoms with Crippen molar-refractivity contribution in [2.45, 2.75) is 44.8 Å². The van der Waals surface area contributed by atoms with Gasteiger partial charge in [-0.05, 0) is 43.5 Å². The number of furan rings is 1. The number of hydrogen-bond donors (Lipinski definition) is 2. The van der Waals surface area contributed by atoms with Gasteiger partial charge in [-0.15, -0.1) is 10.2 Å². The van der Waals surface area contributed by atoms with Crippen LogP contribution in [-0.2, 0) is 0 Å². The molecule has 1 aromatic carbocycles. The van der Waals surface area contributed by atoms with Gasteiger partial charge >= 0.3 is 0 Å². The van der Waals surface area contributed by atoms with Crippen molar-refractivity contribution >= 4 is 22.1 Å². The summed E-state index contributed by atoms with van der Waals surface area (Å²) in [4.78, 5) is 4.48. The van der Waals surface area contributed by atoms with Gasteiger partial charge < -0.3 is 19.2 Å². The maximum atomic E-state index is 10.7. The molecule has 0 spiro atoms. The topological polar surface area (TPSA) is 97.2 Å². The molecule has 0 amide bonds. The monoisotopic (exact) mass is 364 g/mol. The lowest BCUT2D eigenvalue weighted by Crippen LogP contribution is -2.27. The fourth-order valence-corrected chi connectivity index (χ4v) is 4.16. The van der Waals surface area contributed by atoms with Gasteiger partial charge in [0.1, 0.15) is 16.8 Å². The Hall–Kier alpha value is -2.93. The highest BCUT2D eigenvalue weighted by Crippen LogP contribution is 2.39. The maximum absolute atomic E-state index is 10.7. The number of fused-ring (bicyclic) bond motifs is 2. The van der Waals surface area contributed by atoms with Crippen molar-refractivity contribution in [3.8, 4) is 17.0 Å². The first-order valence-corrected chi connectivity index (χ1v) is 9.22. The standard InChI is InChI=1S/C20H20N4O3/c1-11-8-17-12(6-7-27-17)19(26)18(11)13-9-14-20(23-22-13)24(10-21-14)15-4-2-3-5-16(15)25/h6-10,15-16,25-26H,2-5H2,1H3/t15-,16-/m1/s1. The van der Waals surface area contributed by atoms with Crippen molar-refractivity contribution in [2.75, 3.05) is 0 Å². The summed E-state index contributed by atoms with van der Waals surface area (Å²) in [5, 5.41) is 30.4. The molecule has 138 valence electrons. The minimum Gasteiger partial charge on any atom is -0.506 e. The van der Waals surface area contributed by atoms with E-state index in [1.54, 1.807) is 18.7 Å². The Bertz CT molecular complexity index is 1150. The first kappa shape index (κ1) is 16.3. The summed E-state index contributed by atoms with van der Waals surface area (Å²) in [6.45, 7) is 1.90. The number of aliphatic hydroxyl groups is 1. The van der Waals surface area contributed by atoms with Gasteiger partial charge in [0.15, 0.2) is 5.65 Å². The zero-order valence-corrected chi connectivity index (χ0v) is 15.0. The lowest BCUT2D eigenvalue weighted by Gasteiger charge is -2.28. The fourth-order valence-electron chi connectivity index (χ4n) is 4.16. The number of benzene rings is 1. The average Bonchev–Trinajstić information content (AvgIpc) is 3.29. The quantitative estimate of drug-likeness (QED) is 0.562. The van der Waals surface area contributed by atoms with Crippen molar-refractivity contribution in [1.82, 2.24) is 19.7 Å². The van der Waals surface area contributed by atoms with E-state index in [0.717, 1.165) is 31.2 Å². The normalized spacial score (nSPS) is 20.5. The summed E-state index contributed by atoms with van der Waals surface area (Å²) in [6, 6.07) is 5.44. The molecule has 0 unspecified atom stereocenters. The van der Waals surface area contributed by atoms with E-state index in [1.165, 1.54) is 0 Å². The van der Waals surface area contributed by atoms with Gasteiger partial charge in [-0.2, -0.15) is 0 Å². The van der Waals surface area contributed by atoms with Crippen LogP contribution in [0.1, 0.15) is 37.3 Å². The number of aryl methyl sites for hydroxylation is 1. The second-order valence-electron chi connectivity index (χ2n) is 7.26. The van der Waals surface area contributed by atoms with Crippen molar-refractivity contribution in [3.63, 3.8) is 0 Å². The van der Waals surface area contributed by atoms with Gasteiger partial charge in [0.05, 0.1) is 35.8 Å². The van der Waals surface area contributed by atoms with Gasteiger partial charge in [0.2, 0.25) is 0 Å². The molecule has 5 rings (SSSR count). The molecule has 3 heterocycles. The molecule has 0 saturated heterocycles. The molecule has 1 fully saturated rings. The number of nitrogens with zero attached hydrogens (tertiary/aromatic N) is 4. The zero-order chi connectivity index (χ0) is 18.5. The molecule has 1 saturated carbocycles. The number of phenolic OH excluding ortho intramolecular Hbond substituents is 1. The number of aromatic hydroxyl groups is 1. The van der Waals surface area contributed by atoms with Crippen LogP contribution in [0.3, 0.4) is 0 Å². The van der Waals surface area contributed by atoms with E-state index in [1.807, 2.05) is 23.6 Å². The molecule has 0 radical (unpaired) electrons. The van der Waals surface area contributed by atoms with Gasteiger partial charge in [0.25, 0.3) is 0 Å². The third kappa shape index (κ3) is 2.49. The first-order chi connectivity index (χ1) is 13.1. The van der Waals surface area contributed by atoms with Gasteiger partial charge in [-0.1, -0.05) is 12.8 Å². The van der Waals surface area contributed by atoms with E-state index < -0.39 is 0 Å². The molecule has 7 heteroatoms. The molecule has 7 nitrogen and oxygen atoms in total. The second kappa shape index (κ2) is 6.06. The molecule has 2 N–H and O–H groups in total. The molecule has 0 bridgehead atoms. The SMILES string of the molecule is Cc1cc2occc2c(O)c1-c1cc2ncn([C@@H]3CCCC[C@H]3O)c2nn1. The molecular formula is C20H20N4O3. The fraction of sp³-hybridized carbons (Fsp3) is 0.350. The molecule has 27 heavy (non-hydrogen) atoms. The number of hydrogen-bond acceptors (Lipinski definition) is 6. The van der Waals surface area contributed by atoms with Crippen LogP contribution in [0.25, 0.3) is 33.4 Å². The number of imidazole rings is 1. The third-order valence-corrected chi connectivity index (χ3v) is 5.56. The number of phenols is 1. The summed E-state index contributed by atoms with van der Waals surface area (Å²) < 4.78 is 7.32. The predicted molar refractivity (Wildman–Crippen MR) is 100 cm³/mol. The van der Waals surface area contributed by atoms with E-state index >= 15 is 0 Å². The largest absolute Gasteiger partial charge is 0.506 e. The Morgan fingerprint density at radius 2 is 2.04 bits per heavy atom. The van der Waals surface area contributed by atoms with Crippen LogP contribution < -0.4 is 0 Å². The Morgan fingerprint density at radius 1 is 1.19 bits per heavy atom. The van der Waals surface area contributed by atoms with Crippen LogP contribution in [0.5, 0.6) is 5.75 Å². The third-order valence-electron chi connectivity index (χ3n) is 5.56. The highest BCUT2D eigenvalue weighted by molar-refractivity contribution is 5.93. The Morgan fingerprint density at radius 3 is 2.89 bits per heavy atom. The van der Waals surface area contributed by atoms with E-state index in [9.17, 15) is 10.2 Å². The van der Waals surface area contributed by atoms with Crippen LogP contribution in [0.4, 0.5) is 0 Å². The summed E-state index contributed by atoms with van der Waals surface area (Å²) in [5.74, 6) is 0.134. The average molecular weight is 364 g/mol. The van der Waals surface area contributed by atoms with Crippen molar-refractivity contribution in [3.05, 3.63) is 36.4 Å². The minimum atomic E-state index is -0.382. The van der Waals surface area contributed by atoms with Crippen molar-refractivity contribution in [1.29, 1.82) is 0 Å². The van der Waals surface area contributed by atoms with Crippen LogP contribution in [-0.4, -0.2) is 36.1 Å². The number of rotatable bonds is 2. The summed E-state index contributed by atoms with van der Waals surface area (Å²) in [5.41, 5.74) is 4.04. The van der Waals surface area contributed by atoms with Crippen LogP contribution in [0.2, 0.25) is 0 Å². The Kier molecular flexibility index (Phi) is 3.65. The van der Waals surface area contributed by atoms with E-state index in [0.29, 0.717) is 33.4 Å². The van der Waals surface area contributed by atoms with Gasteiger partial charge in [-0.25, -0.2) is 4.98 Å². The first-order valence-electron chi connectivity index (χ1n) is 9.22. The lowest BCUT2D eigenvalue weighted by molar-refractivity contribution is 0.0770. The van der Waals surface area contributed by atoms with Crippen molar-refractivity contribution in [2.24, 2.45) is 0 Å². The lowest BCUT2D eigenvalue weighted by atomic mass is 9.92. The zero-order valence-electron chi connectivity index (χ0n) is 15.0. The summed E-state index contributed by atoms with van der Waals surface area (Å²) in [6.07, 6.45) is 6.75. The van der Waals surface area contributed by atoms with Gasteiger partial charge in [0, 0.05) is 5.56 Å². The van der Waals surface area contributed by atoms with Crippen LogP contribution in [0.15, 0.2) is 35.2 Å². The molecule has 4 aromatic rings. The number of aliphatic hydroxyl groups excluding tert-OH is 1. The van der Waals surface area contributed by atoms with Crippen LogP contribution in [0, 0.1) is 6.92 Å². The Balaban J connectivity index is 1.62. The van der Waals surface area contributed by atoms with E-state index in [4.69, 9.17) is 4.42 Å². The molecule has 0 aliphatic heterocycles. The maximum Gasteiger partial charge on any atom is 0.182 e. The van der Waals surface area contributed by atoms with E-state index in [2.05, 4.69) is 15.2 Å². The Labute approximate surface area is 155 Å². The molecule has 3 aromatic heterocycles. The molecule has 1 aliphatic rings. The van der Waals surface area contributed by atoms with Gasteiger partial charge in [-0.3, -0.25) is 0 Å². The van der Waals surface area contributed by atoms with Crippen molar-refractivity contribution < 1.29 is 14.6 Å². The summed E-state index contributed by atoms with van der Waals surface area (Å²) >= 11 is 0.